The molecule has 2 N–H and O–H groups in total. The average Bonchev–Trinajstić information content (AvgIpc) is 2.95. The number of nitrogens with one attached hydrogen (secondary N) is 2. The van der Waals surface area contributed by atoms with Crippen LogP contribution in [-0.4, -0.2) is 28.0 Å². The zero-order chi connectivity index (χ0) is 15.4. The molecule has 116 valence electrons. The fourth-order valence-corrected chi connectivity index (χ4v) is 3.27. The molecular formula is C16H20N4OS. The number of hydrogen-bond acceptors (Lipinski definition) is 4. The summed E-state index contributed by atoms with van der Waals surface area (Å²) in [4.78, 5) is 17.6. The molecule has 0 unspecified atom stereocenters. The molecule has 6 heteroatoms. The van der Waals surface area contributed by atoms with Gasteiger partial charge in [0.25, 0.3) is 0 Å². The van der Waals surface area contributed by atoms with Gasteiger partial charge in [-0.1, -0.05) is 18.2 Å². The molecule has 2 heterocycles. The van der Waals surface area contributed by atoms with Gasteiger partial charge in [0.2, 0.25) is 5.91 Å². The van der Waals surface area contributed by atoms with Crippen LogP contribution in [0.15, 0.2) is 46.7 Å². The van der Waals surface area contributed by atoms with Crippen LogP contribution in [0.2, 0.25) is 0 Å². The van der Waals surface area contributed by atoms with Crippen LogP contribution in [0, 0.1) is 0 Å². The summed E-state index contributed by atoms with van der Waals surface area (Å²) in [5.41, 5.74) is 0.835. The third kappa shape index (κ3) is 3.69. The molecule has 0 aliphatic carbocycles. The van der Waals surface area contributed by atoms with E-state index in [4.69, 9.17) is 0 Å². The second kappa shape index (κ2) is 6.98. The van der Waals surface area contributed by atoms with Crippen LogP contribution in [0.3, 0.4) is 0 Å². The number of anilines is 1. The van der Waals surface area contributed by atoms with E-state index in [9.17, 15) is 4.79 Å². The second-order valence-corrected chi connectivity index (χ2v) is 6.48. The Balaban J connectivity index is 1.59. The van der Waals surface area contributed by atoms with Crippen LogP contribution in [0.25, 0.3) is 0 Å². The number of piperidine rings is 1. The van der Waals surface area contributed by atoms with Crippen LogP contribution in [0.1, 0.15) is 19.3 Å². The van der Waals surface area contributed by atoms with E-state index in [-0.39, 0.29) is 11.9 Å². The van der Waals surface area contributed by atoms with Gasteiger partial charge in [0.05, 0.1) is 6.04 Å². The van der Waals surface area contributed by atoms with Crippen molar-refractivity contribution in [1.82, 2.24) is 14.9 Å². The van der Waals surface area contributed by atoms with Gasteiger partial charge in [0.15, 0.2) is 5.16 Å². The largest absolute Gasteiger partial charge is 0.329 e. The van der Waals surface area contributed by atoms with Crippen LogP contribution in [-0.2, 0) is 11.8 Å². The lowest BCUT2D eigenvalue weighted by Crippen LogP contribution is -2.43. The number of benzene rings is 1. The minimum Gasteiger partial charge on any atom is -0.329 e. The maximum Gasteiger partial charge on any atom is 0.241 e. The number of carbonyl (C=O) groups is 1. The van der Waals surface area contributed by atoms with Crippen molar-refractivity contribution < 1.29 is 4.79 Å². The molecule has 1 aromatic heterocycles. The molecule has 1 aliphatic heterocycles. The lowest BCUT2D eigenvalue weighted by molar-refractivity contribution is -0.118. The highest BCUT2D eigenvalue weighted by molar-refractivity contribution is 7.99. The predicted molar refractivity (Wildman–Crippen MR) is 88.0 cm³/mol. The van der Waals surface area contributed by atoms with Crippen molar-refractivity contribution in [3.05, 3.63) is 36.7 Å². The Morgan fingerprint density at radius 3 is 2.82 bits per heavy atom. The van der Waals surface area contributed by atoms with Gasteiger partial charge in [-0.25, -0.2) is 4.98 Å². The minimum absolute atomic E-state index is 0.0594. The summed E-state index contributed by atoms with van der Waals surface area (Å²) in [5.74, 6) is 0.0594. The third-order valence-corrected chi connectivity index (χ3v) is 4.82. The number of hydrogen-bond donors (Lipinski definition) is 2. The molecule has 1 amide bonds. The van der Waals surface area contributed by atoms with E-state index in [0.29, 0.717) is 0 Å². The Morgan fingerprint density at radius 2 is 2.18 bits per heavy atom. The summed E-state index contributed by atoms with van der Waals surface area (Å²) in [6.07, 6.45) is 6.90. The predicted octanol–water partition coefficient (Wildman–Crippen LogP) is 2.65. The van der Waals surface area contributed by atoms with Gasteiger partial charge < -0.3 is 15.2 Å². The fourth-order valence-electron chi connectivity index (χ4n) is 2.47. The number of rotatable bonds is 4. The second-order valence-electron chi connectivity index (χ2n) is 5.44. The van der Waals surface area contributed by atoms with E-state index in [1.165, 1.54) is 0 Å². The molecule has 0 bridgehead atoms. The minimum atomic E-state index is -0.0598. The maximum atomic E-state index is 12.2. The first kappa shape index (κ1) is 15.1. The Kier molecular flexibility index (Phi) is 4.80. The van der Waals surface area contributed by atoms with Gasteiger partial charge in [0.1, 0.15) is 0 Å². The van der Waals surface area contributed by atoms with E-state index >= 15 is 0 Å². The molecule has 1 saturated heterocycles. The van der Waals surface area contributed by atoms with Crippen molar-refractivity contribution in [2.24, 2.45) is 7.05 Å². The van der Waals surface area contributed by atoms with Crippen molar-refractivity contribution >= 4 is 23.4 Å². The Hall–Kier alpha value is -1.79. The van der Waals surface area contributed by atoms with Gasteiger partial charge in [-0.15, -0.1) is 0 Å². The number of aryl methyl sites for hydroxylation is 1. The maximum absolute atomic E-state index is 12.2. The van der Waals surface area contributed by atoms with Gasteiger partial charge >= 0.3 is 0 Å². The summed E-state index contributed by atoms with van der Waals surface area (Å²) in [6, 6.07) is 7.82. The Labute approximate surface area is 134 Å². The molecule has 5 nitrogen and oxygen atoms in total. The highest BCUT2D eigenvalue weighted by Gasteiger charge is 2.20. The normalized spacial score (nSPS) is 18.1. The number of nitrogens with zero attached hydrogens (tertiary/aromatic N) is 2. The molecule has 1 aromatic carbocycles. The summed E-state index contributed by atoms with van der Waals surface area (Å²) in [5, 5.41) is 7.18. The first-order valence-corrected chi connectivity index (χ1v) is 8.33. The SMILES string of the molecule is Cn1ccnc1Sc1ccc(NC(=O)[C@@H]2CCCCN2)cc1. The molecule has 1 atom stereocenters. The summed E-state index contributed by atoms with van der Waals surface area (Å²) in [7, 11) is 1.97. The molecule has 1 aliphatic rings. The zero-order valence-corrected chi connectivity index (χ0v) is 13.4. The first-order valence-electron chi connectivity index (χ1n) is 7.52. The van der Waals surface area contributed by atoms with Gasteiger partial charge in [-0.2, -0.15) is 0 Å². The van der Waals surface area contributed by atoms with Crippen LogP contribution < -0.4 is 10.6 Å². The summed E-state index contributed by atoms with van der Waals surface area (Å²) in [6.45, 7) is 0.928. The van der Waals surface area contributed by atoms with E-state index < -0.39 is 0 Å². The van der Waals surface area contributed by atoms with E-state index in [1.807, 2.05) is 42.1 Å². The van der Waals surface area contributed by atoms with Crippen molar-refractivity contribution in [1.29, 1.82) is 0 Å². The number of amides is 1. The summed E-state index contributed by atoms with van der Waals surface area (Å²) >= 11 is 1.60. The number of imidazole rings is 1. The average molecular weight is 316 g/mol. The fraction of sp³-hybridized carbons (Fsp3) is 0.375. The van der Waals surface area contributed by atoms with Crippen LogP contribution in [0.4, 0.5) is 5.69 Å². The van der Waals surface area contributed by atoms with Gasteiger partial charge in [0, 0.05) is 30.0 Å². The standard InChI is InChI=1S/C16H20N4OS/c1-20-11-10-18-16(20)22-13-7-5-12(6-8-13)19-15(21)14-4-2-3-9-17-14/h5-8,10-11,14,17H,2-4,9H2,1H3,(H,19,21)/t14-/m0/s1. The Morgan fingerprint density at radius 1 is 1.36 bits per heavy atom. The molecule has 22 heavy (non-hydrogen) atoms. The van der Waals surface area contributed by atoms with Gasteiger partial charge in [-0.3, -0.25) is 4.79 Å². The Bertz CT molecular complexity index is 632. The molecule has 2 aromatic rings. The van der Waals surface area contributed by atoms with Crippen LogP contribution >= 0.6 is 11.8 Å². The quantitative estimate of drug-likeness (QED) is 0.910. The number of aromatic nitrogens is 2. The molecule has 0 radical (unpaired) electrons. The molecule has 3 rings (SSSR count). The third-order valence-electron chi connectivity index (χ3n) is 3.73. The molecule has 0 spiro atoms. The van der Waals surface area contributed by atoms with Crippen molar-refractivity contribution in [2.45, 2.75) is 35.4 Å². The monoisotopic (exact) mass is 316 g/mol. The zero-order valence-electron chi connectivity index (χ0n) is 12.6. The lowest BCUT2D eigenvalue weighted by atomic mass is 10.0. The van der Waals surface area contributed by atoms with E-state index in [0.717, 1.165) is 41.5 Å². The highest BCUT2D eigenvalue weighted by Crippen LogP contribution is 2.26. The lowest BCUT2D eigenvalue weighted by Gasteiger charge is -2.22. The van der Waals surface area contributed by atoms with Gasteiger partial charge in [-0.05, 0) is 43.7 Å². The van der Waals surface area contributed by atoms with Crippen molar-refractivity contribution in [3.8, 4) is 0 Å². The van der Waals surface area contributed by atoms with E-state index in [1.54, 1.807) is 18.0 Å². The highest BCUT2D eigenvalue weighted by atomic mass is 32.2. The van der Waals surface area contributed by atoms with E-state index in [2.05, 4.69) is 15.6 Å². The van der Waals surface area contributed by atoms with Crippen molar-refractivity contribution in [3.63, 3.8) is 0 Å². The van der Waals surface area contributed by atoms with Crippen molar-refractivity contribution in [2.75, 3.05) is 11.9 Å². The smallest absolute Gasteiger partial charge is 0.241 e. The summed E-state index contributed by atoms with van der Waals surface area (Å²) < 4.78 is 1.98. The van der Waals surface area contributed by atoms with Crippen LogP contribution in [0.5, 0.6) is 0 Å². The topological polar surface area (TPSA) is 59.0 Å². The number of carbonyl (C=O) groups excluding carboxylic acids is 1. The molecular weight excluding hydrogens is 296 g/mol. The molecule has 0 saturated carbocycles. The molecule has 1 fully saturated rings. The first-order chi connectivity index (χ1) is 10.7.